The van der Waals surface area contributed by atoms with Gasteiger partial charge in [-0.15, -0.1) is 0 Å². The molecule has 2 aromatic carbocycles. The van der Waals surface area contributed by atoms with E-state index >= 15 is 0 Å². The van der Waals surface area contributed by atoms with Gasteiger partial charge in [0.15, 0.2) is 6.61 Å². The normalized spacial score (nSPS) is 19.8. The van der Waals surface area contributed by atoms with Crippen LogP contribution in [0, 0.1) is 5.92 Å². The van der Waals surface area contributed by atoms with Crippen molar-refractivity contribution in [2.45, 2.75) is 45.6 Å². The van der Waals surface area contributed by atoms with Gasteiger partial charge in [-0.3, -0.25) is 9.59 Å². The highest BCUT2D eigenvalue weighted by atomic mass is 35.5. The highest BCUT2D eigenvalue weighted by Gasteiger charge is 2.38. The Kier molecular flexibility index (Phi) is 7.04. The Hall–Kier alpha value is -2.53. The first-order valence-corrected chi connectivity index (χ1v) is 12.0. The molecule has 1 fully saturated rings. The maximum absolute atomic E-state index is 13.2. The topological polar surface area (TPSA) is 49.9 Å². The Morgan fingerprint density at radius 1 is 1.16 bits per heavy atom. The monoisotopic (exact) mass is 454 g/mol. The first-order chi connectivity index (χ1) is 15.5. The van der Waals surface area contributed by atoms with Crippen molar-refractivity contribution < 1.29 is 14.3 Å². The number of halogens is 1. The number of carbonyl (C=O) groups is 2. The van der Waals surface area contributed by atoms with Crippen LogP contribution in [-0.4, -0.2) is 47.9 Å². The molecule has 1 aliphatic carbocycles. The van der Waals surface area contributed by atoms with Gasteiger partial charge < -0.3 is 14.5 Å². The molecule has 0 radical (unpaired) electrons. The molecule has 2 atom stereocenters. The van der Waals surface area contributed by atoms with Crippen LogP contribution < -0.4 is 4.74 Å². The van der Waals surface area contributed by atoms with Crippen molar-refractivity contribution >= 4 is 23.4 Å². The zero-order valence-corrected chi connectivity index (χ0v) is 19.6. The first kappa shape index (κ1) is 22.7. The molecule has 0 N–H and O–H groups in total. The fourth-order valence-corrected chi connectivity index (χ4v) is 5.23. The van der Waals surface area contributed by atoms with Crippen molar-refractivity contribution in [2.24, 2.45) is 5.92 Å². The standard InChI is InChI=1S/C26H31ClN2O3/c1-3-28(4-2)25(30)17-32-21-11-9-19(23(27)16-21)15-20-13-14-29(26(20)31)24-12-10-18-7-5-6-8-22(18)24/h5-9,11,16,20,24H,3-4,10,12-15,17H2,1-2H3. The molecule has 2 aromatic rings. The number of ether oxygens (including phenoxy) is 1. The number of likely N-dealkylation sites (N-methyl/N-ethyl adjacent to an activating group) is 1. The van der Waals surface area contributed by atoms with Gasteiger partial charge in [-0.25, -0.2) is 0 Å². The van der Waals surface area contributed by atoms with Crippen molar-refractivity contribution in [3.05, 3.63) is 64.2 Å². The summed E-state index contributed by atoms with van der Waals surface area (Å²) >= 11 is 6.52. The largest absolute Gasteiger partial charge is 0.484 e. The average Bonchev–Trinajstić information content (AvgIpc) is 3.38. The molecule has 0 aromatic heterocycles. The van der Waals surface area contributed by atoms with E-state index in [4.69, 9.17) is 16.3 Å². The van der Waals surface area contributed by atoms with Crippen molar-refractivity contribution in [3.8, 4) is 5.75 Å². The van der Waals surface area contributed by atoms with Gasteiger partial charge in [0.2, 0.25) is 5.91 Å². The van der Waals surface area contributed by atoms with Gasteiger partial charge in [0.25, 0.3) is 5.91 Å². The maximum atomic E-state index is 13.2. The van der Waals surface area contributed by atoms with Gasteiger partial charge in [-0.2, -0.15) is 0 Å². The van der Waals surface area contributed by atoms with Crippen LogP contribution in [0.25, 0.3) is 0 Å². The molecule has 170 valence electrons. The lowest BCUT2D eigenvalue weighted by molar-refractivity contribution is -0.133. The van der Waals surface area contributed by atoms with E-state index in [2.05, 4.69) is 29.2 Å². The molecule has 1 heterocycles. The molecule has 2 amide bonds. The van der Waals surface area contributed by atoms with Gasteiger partial charge in [0, 0.05) is 30.6 Å². The predicted octanol–water partition coefficient (Wildman–Crippen LogP) is 4.67. The summed E-state index contributed by atoms with van der Waals surface area (Å²) < 4.78 is 5.65. The summed E-state index contributed by atoms with van der Waals surface area (Å²) in [5.74, 6) is 0.714. The minimum absolute atomic E-state index is 0.00368. The van der Waals surface area contributed by atoms with E-state index in [0.29, 0.717) is 30.3 Å². The number of likely N-dealkylation sites (tertiary alicyclic amines) is 1. The molecule has 0 spiro atoms. The maximum Gasteiger partial charge on any atom is 0.260 e. The third-order valence-electron chi connectivity index (χ3n) is 6.80. The van der Waals surface area contributed by atoms with E-state index in [1.54, 1.807) is 11.0 Å². The minimum atomic E-state index is -0.0451. The Morgan fingerprint density at radius 3 is 2.69 bits per heavy atom. The Balaban J connectivity index is 1.36. The number of rotatable bonds is 8. The van der Waals surface area contributed by atoms with Crippen molar-refractivity contribution in [3.63, 3.8) is 0 Å². The quantitative estimate of drug-likeness (QED) is 0.582. The van der Waals surface area contributed by atoms with Crippen molar-refractivity contribution in [1.82, 2.24) is 9.80 Å². The summed E-state index contributed by atoms with van der Waals surface area (Å²) in [6, 6.07) is 14.2. The second-order valence-corrected chi connectivity index (χ2v) is 8.99. The molecule has 2 unspecified atom stereocenters. The third kappa shape index (κ3) is 4.63. The summed E-state index contributed by atoms with van der Waals surface area (Å²) in [6.45, 7) is 6.02. The van der Waals surface area contributed by atoms with Gasteiger partial charge in [-0.1, -0.05) is 41.9 Å². The Bertz CT molecular complexity index is 989. The molecule has 32 heavy (non-hydrogen) atoms. The van der Waals surface area contributed by atoms with Crippen LogP contribution in [0.5, 0.6) is 5.75 Å². The average molecular weight is 455 g/mol. The molecule has 5 nitrogen and oxygen atoms in total. The van der Waals surface area contributed by atoms with Gasteiger partial charge in [0.1, 0.15) is 5.75 Å². The molecule has 2 aliphatic rings. The van der Waals surface area contributed by atoms with Crippen molar-refractivity contribution in [2.75, 3.05) is 26.2 Å². The highest BCUT2D eigenvalue weighted by molar-refractivity contribution is 6.31. The van der Waals surface area contributed by atoms with Crippen LogP contribution in [0.4, 0.5) is 0 Å². The van der Waals surface area contributed by atoms with Crippen LogP contribution in [0.3, 0.4) is 0 Å². The number of aryl methyl sites for hydroxylation is 1. The second-order valence-electron chi connectivity index (χ2n) is 8.58. The fourth-order valence-electron chi connectivity index (χ4n) is 4.98. The van der Waals surface area contributed by atoms with Gasteiger partial charge in [-0.05, 0) is 68.4 Å². The van der Waals surface area contributed by atoms with Crippen LogP contribution in [0.1, 0.15) is 49.4 Å². The lowest BCUT2D eigenvalue weighted by Gasteiger charge is -2.25. The molecule has 4 rings (SSSR count). The zero-order chi connectivity index (χ0) is 22.7. The van der Waals surface area contributed by atoms with E-state index < -0.39 is 0 Å². The fraction of sp³-hybridized carbons (Fsp3) is 0.462. The SMILES string of the molecule is CCN(CC)C(=O)COc1ccc(CC2CCN(C3CCc4ccccc43)C2=O)c(Cl)c1. The van der Waals surface area contributed by atoms with E-state index in [9.17, 15) is 9.59 Å². The number of amides is 2. The van der Waals surface area contributed by atoms with Gasteiger partial charge >= 0.3 is 0 Å². The molecule has 0 saturated carbocycles. The number of fused-ring (bicyclic) bond motifs is 1. The Morgan fingerprint density at radius 2 is 1.94 bits per heavy atom. The summed E-state index contributed by atoms with van der Waals surface area (Å²) in [5, 5.41) is 0.579. The zero-order valence-electron chi connectivity index (χ0n) is 18.9. The van der Waals surface area contributed by atoms with Crippen molar-refractivity contribution in [1.29, 1.82) is 0 Å². The first-order valence-electron chi connectivity index (χ1n) is 11.6. The number of nitrogens with zero attached hydrogens (tertiary/aromatic N) is 2. The van der Waals surface area contributed by atoms with Crippen LogP contribution in [0.2, 0.25) is 5.02 Å². The smallest absolute Gasteiger partial charge is 0.260 e. The second kappa shape index (κ2) is 9.95. The van der Waals surface area contributed by atoms with E-state index in [1.807, 2.05) is 26.0 Å². The summed E-state index contributed by atoms with van der Waals surface area (Å²) in [6.07, 6.45) is 3.53. The molecule has 0 bridgehead atoms. The van der Waals surface area contributed by atoms with E-state index in [-0.39, 0.29) is 30.4 Å². The van der Waals surface area contributed by atoms with E-state index in [0.717, 1.165) is 31.4 Å². The van der Waals surface area contributed by atoms with Gasteiger partial charge in [0.05, 0.1) is 6.04 Å². The Labute approximate surface area is 195 Å². The third-order valence-corrected chi connectivity index (χ3v) is 7.15. The summed E-state index contributed by atoms with van der Waals surface area (Å²) in [5.41, 5.74) is 3.62. The number of benzene rings is 2. The number of hydrogen-bond donors (Lipinski definition) is 0. The van der Waals surface area contributed by atoms with Crippen LogP contribution in [0.15, 0.2) is 42.5 Å². The summed E-state index contributed by atoms with van der Waals surface area (Å²) in [4.78, 5) is 29.1. The highest BCUT2D eigenvalue weighted by Crippen LogP contribution is 2.39. The lowest BCUT2D eigenvalue weighted by atomic mass is 9.97. The van der Waals surface area contributed by atoms with Crippen LogP contribution >= 0.6 is 11.6 Å². The predicted molar refractivity (Wildman–Crippen MR) is 126 cm³/mol. The summed E-state index contributed by atoms with van der Waals surface area (Å²) in [7, 11) is 0. The van der Waals surface area contributed by atoms with E-state index in [1.165, 1.54) is 11.1 Å². The number of hydrogen-bond acceptors (Lipinski definition) is 3. The lowest BCUT2D eigenvalue weighted by Crippen LogP contribution is -2.34. The molecular weight excluding hydrogens is 424 g/mol. The van der Waals surface area contributed by atoms with Crippen LogP contribution in [-0.2, 0) is 22.4 Å². The molecule has 1 aliphatic heterocycles. The minimum Gasteiger partial charge on any atom is -0.484 e. The number of carbonyl (C=O) groups excluding carboxylic acids is 2. The molecule has 6 heteroatoms. The molecular formula is C26H31ClN2O3. The molecule has 1 saturated heterocycles.